The van der Waals surface area contributed by atoms with Crippen molar-refractivity contribution in [3.63, 3.8) is 0 Å². The predicted octanol–water partition coefficient (Wildman–Crippen LogP) is 3.96. The van der Waals surface area contributed by atoms with Gasteiger partial charge in [-0.3, -0.25) is 9.59 Å². The van der Waals surface area contributed by atoms with Gasteiger partial charge in [-0.15, -0.1) is 0 Å². The fourth-order valence-electron chi connectivity index (χ4n) is 2.90. The lowest BCUT2D eigenvalue weighted by Crippen LogP contribution is -2.52. The largest absolute Gasteiger partial charge is 0.312 e. The number of nitrogens with zero attached hydrogens (tertiary/aromatic N) is 1. The fraction of sp³-hybridized carbons (Fsp3) is 0.556. The number of hydrogen-bond donors (Lipinski definition) is 0. The third kappa shape index (κ3) is 3.37. The minimum absolute atomic E-state index is 0.00295. The average Bonchev–Trinajstić information content (AvgIpc) is 2.41. The van der Waals surface area contributed by atoms with Crippen molar-refractivity contribution >= 4 is 17.4 Å². The molecule has 0 unspecified atom stereocenters. The zero-order valence-corrected chi connectivity index (χ0v) is 13.8. The summed E-state index contributed by atoms with van der Waals surface area (Å²) < 4.78 is 13.1. The molecule has 1 aliphatic rings. The smallest absolute Gasteiger partial charge is 0.240 e. The van der Waals surface area contributed by atoms with Crippen LogP contribution in [0.4, 0.5) is 10.1 Å². The Hall–Kier alpha value is -1.71. The van der Waals surface area contributed by atoms with E-state index in [2.05, 4.69) is 0 Å². The summed E-state index contributed by atoms with van der Waals surface area (Å²) in [6.07, 6.45) is 1.74. The summed E-state index contributed by atoms with van der Waals surface area (Å²) in [6.45, 7) is 8.32. The highest BCUT2D eigenvalue weighted by atomic mass is 19.1. The van der Waals surface area contributed by atoms with Crippen molar-refractivity contribution in [2.24, 2.45) is 10.8 Å². The molecule has 1 aliphatic heterocycles. The fourth-order valence-corrected chi connectivity index (χ4v) is 2.90. The summed E-state index contributed by atoms with van der Waals surface area (Å²) in [5.74, 6) is -0.504. The molecule has 1 amide bonds. The maximum absolute atomic E-state index is 13.1. The number of rotatable bonds is 3. The van der Waals surface area contributed by atoms with Crippen molar-refractivity contribution in [2.45, 2.75) is 47.0 Å². The second kappa shape index (κ2) is 5.82. The minimum atomic E-state index is -0.972. The number of piperidine rings is 1. The first-order valence-electron chi connectivity index (χ1n) is 7.74. The second-order valence-electron chi connectivity index (χ2n) is 7.53. The Bertz CT molecular complexity index is 574. The molecule has 0 spiro atoms. The van der Waals surface area contributed by atoms with E-state index in [1.165, 1.54) is 12.1 Å². The van der Waals surface area contributed by atoms with Crippen LogP contribution in [0, 0.1) is 16.6 Å². The molecule has 22 heavy (non-hydrogen) atoms. The van der Waals surface area contributed by atoms with E-state index in [9.17, 15) is 14.0 Å². The summed E-state index contributed by atoms with van der Waals surface area (Å²) >= 11 is 0. The molecular weight excluding hydrogens is 281 g/mol. The van der Waals surface area contributed by atoms with Crippen molar-refractivity contribution in [1.29, 1.82) is 0 Å². The van der Waals surface area contributed by atoms with Gasteiger partial charge in [0.25, 0.3) is 0 Å². The van der Waals surface area contributed by atoms with Crippen LogP contribution in [0.25, 0.3) is 0 Å². The number of anilines is 1. The van der Waals surface area contributed by atoms with Gasteiger partial charge in [-0.2, -0.15) is 0 Å². The Kier molecular flexibility index (Phi) is 4.41. The van der Waals surface area contributed by atoms with E-state index in [1.807, 2.05) is 20.8 Å². The van der Waals surface area contributed by atoms with Crippen LogP contribution in [-0.2, 0) is 9.59 Å². The molecule has 1 aromatic rings. The molecule has 0 radical (unpaired) electrons. The van der Waals surface area contributed by atoms with Gasteiger partial charge in [-0.05, 0) is 49.4 Å². The number of ketones is 1. The van der Waals surface area contributed by atoms with E-state index in [0.29, 0.717) is 25.1 Å². The molecule has 4 heteroatoms. The molecule has 1 fully saturated rings. The molecule has 0 N–H and O–H groups in total. The van der Waals surface area contributed by atoms with Gasteiger partial charge in [-0.1, -0.05) is 20.8 Å². The molecule has 1 saturated heterocycles. The Morgan fingerprint density at radius 3 is 2.41 bits per heavy atom. The van der Waals surface area contributed by atoms with Gasteiger partial charge in [0, 0.05) is 18.7 Å². The molecule has 0 bridgehead atoms. The van der Waals surface area contributed by atoms with Gasteiger partial charge in [0.1, 0.15) is 17.0 Å². The van der Waals surface area contributed by atoms with Gasteiger partial charge in [0.15, 0.2) is 0 Å². The predicted molar refractivity (Wildman–Crippen MR) is 85.2 cm³/mol. The molecule has 1 atom stereocenters. The van der Waals surface area contributed by atoms with Crippen LogP contribution in [0.3, 0.4) is 0 Å². The van der Waals surface area contributed by atoms with Crippen molar-refractivity contribution in [2.75, 3.05) is 11.4 Å². The summed E-state index contributed by atoms with van der Waals surface area (Å²) in [4.78, 5) is 27.2. The maximum atomic E-state index is 13.1. The number of hydrogen-bond acceptors (Lipinski definition) is 2. The zero-order valence-electron chi connectivity index (χ0n) is 13.8. The molecule has 2 rings (SSSR count). The summed E-state index contributed by atoms with van der Waals surface area (Å²) in [7, 11) is 0. The molecule has 120 valence electrons. The lowest BCUT2D eigenvalue weighted by atomic mass is 9.72. The van der Waals surface area contributed by atoms with Crippen LogP contribution in [0.1, 0.15) is 47.0 Å². The summed E-state index contributed by atoms with van der Waals surface area (Å²) in [5, 5.41) is 0. The first kappa shape index (κ1) is 16.7. The topological polar surface area (TPSA) is 37.4 Å². The first-order valence-corrected chi connectivity index (χ1v) is 7.74. The van der Waals surface area contributed by atoms with Gasteiger partial charge in [-0.25, -0.2) is 4.39 Å². The van der Waals surface area contributed by atoms with Crippen LogP contribution in [0.5, 0.6) is 0 Å². The lowest BCUT2D eigenvalue weighted by Gasteiger charge is -2.39. The van der Waals surface area contributed by atoms with Crippen LogP contribution >= 0.6 is 0 Å². The lowest BCUT2D eigenvalue weighted by molar-refractivity contribution is -0.142. The highest BCUT2D eigenvalue weighted by molar-refractivity contribution is 6.12. The summed E-state index contributed by atoms with van der Waals surface area (Å²) in [5.41, 5.74) is -0.459. The normalized spacial score (nSPS) is 22.8. The third-order valence-electron chi connectivity index (χ3n) is 4.22. The third-order valence-corrected chi connectivity index (χ3v) is 4.22. The Morgan fingerprint density at radius 2 is 1.86 bits per heavy atom. The Labute approximate surface area is 131 Å². The Balaban J connectivity index is 2.25. The minimum Gasteiger partial charge on any atom is -0.312 e. The van der Waals surface area contributed by atoms with E-state index < -0.39 is 5.41 Å². The molecule has 0 saturated carbocycles. The van der Waals surface area contributed by atoms with Crippen LogP contribution in [-0.4, -0.2) is 18.2 Å². The molecular formula is C18H24FNO2. The molecule has 1 aromatic carbocycles. The molecule has 0 aromatic heterocycles. The zero-order chi connectivity index (χ0) is 16.5. The van der Waals surface area contributed by atoms with Gasteiger partial charge < -0.3 is 4.90 Å². The number of carbonyl (C=O) groups excluding carboxylic acids is 2. The summed E-state index contributed by atoms with van der Waals surface area (Å²) in [6, 6.07) is 5.86. The average molecular weight is 305 g/mol. The van der Waals surface area contributed by atoms with Gasteiger partial charge in [0.2, 0.25) is 5.91 Å². The van der Waals surface area contributed by atoms with Crippen molar-refractivity contribution in [1.82, 2.24) is 0 Å². The number of benzene rings is 1. The number of amides is 1. The second-order valence-corrected chi connectivity index (χ2v) is 7.53. The van der Waals surface area contributed by atoms with Crippen molar-refractivity contribution < 1.29 is 14.0 Å². The van der Waals surface area contributed by atoms with Gasteiger partial charge in [0.05, 0.1) is 0 Å². The number of halogens is 1. The van der Waals surface area contributed by atoms with E-state index in [1.54, 1.807) is 24.0 Å². The first-order chi connectivity index (χ1) is 10.1. The van der Waals surface area contributed by atoms with E-state index in [0.717, 1.165) is 6.42 Å². The highest BCUT2D eigenvalue weighted by Crippen LogP contribution is 2.37. The Morgan fingerprint density at radius 1 is 1.27 bits per heavy atom. The van der Waals surface area contributed by atoms with E-state index in [-0.39, 0.29) is 22.9 Å². The van der Waals surface area contributed by atoms with Gasteiger partial charge >= 0.3 is 0 Å². The van der Waals surface area contributed by atoms with Crippen molar-refractivity contribution in [3.8, 4) is 0 Å². The van der Waals surface area contributed by atoms with Crippen LogP contribution in [0.2, 0.25) is 0 Å². The number of carbonyl (C=O) groups is 2. The molecule has 3 nitrogen and oxygen atoms in total. The SMILES string of the molecule is CC(C)(C)CC(=O)[C@]1(C)CCCN(c2ccc(F)cc2)C1=O. The van der Waals surface area contributed by atoms with E-state index >= 15 is 0 Å². The molecule has 0 aliphatic carbocycles. The molecule has 1 heterocycles. The van der Waals surface area contributed by atoms with Crippen molar-refractivity contribution in [3.05, 3.63) is 30.1 Å². The maximum Gasteiger partial charge on any atom is 0.240 e. The monoisotopic (exact) mass is 305 g/mol. The van der Waals surface area contributed by atoms with Crippen LogP contribution in [0.15, 0.2) is 24.3 Å². The van der Waals surface area contributed by atoms with Crippen LogP contribution < -0.4 is 4.90 Å². The standard InChI is InChI=1S/C18H24FNO2/c1-17(2,3)12-15(21)18(4)10-5-11-20(16(18)22)14-8-6-13(19)7-9-14/h6-9H,5,10-12H2,1-4H3/t18-/m0/s1. The number of Topliss-reactive ketones (excluding diaryl/α,β-unsaturated/α-hetero) is 1. The quantitative estimate of drug-likeness (QED) is 0.793. The van der Waals surface area contributed by atoms with E-state index in [4.69, 9.17) is 0 Å². The highest BCUT2D eigenvalue weighted by Gasteiger charge is 2.46.